The summed E-state index contributed by atoms with van der Waals surface area (Å²) in [4.78, 5) is 4.17. The van der Waals surface area contributed by atoms with Gasteiger partial charge in [0.2, 0.25) is 0 Å². The summed E-state index contributed by atoms with van der Waals surface area (Å²) < 4.78 is 28.0. The van der Waals surface area contributed by atoms with Crippen LogP contribution in [0.2, 0.25) is 0 Å². The van der Waals surface area contributed by atoms with Gasteiger partial charge in [-0.25, -0.2) is 8.42 Å². The van der Waals surface area contributed by atoms with Crippen molar-refractivity contribution in [3.63, 3.8) is 0 Å². The molecule has 0 radical (unpaired) electrons. The van der Waals surface area contributed by atoms with Crippen molar-refractivity contribution in [1.82, 2.24) is 4.98 Å². The molecule has 0 aliphatic carbocycles. The number of rotatable bonds is 3. The Morgan fingerprint density at radius 1 is 1.16 bits per heavy atom. The van der Waals surface area contributed by atoms with Crippen molar-refractivity contribution in [1.29, 1.82) is 0 Å². The average Bonchev–Trinajstić information content (AvgIpc) is 2.35. The number of nitrogens with zero attached hydrogens (tertiary/aromatic N) is 1. The van der Waals surface area contributed by atoms with E-state index in [0.717, 1.165) is 15.6 Å². The minimum atomic E-state index is -3.57. The van der Waals surface area contributed by atoms with Gasteiger partial charge in [-0.2, -0.15) is 0 Å². The van der Waals surface area contributed by atoms with Gasteiger partial charge in [-0.1, -0.05) is 15.9 Å². The Morgan fingerprint density at radius 2 is 1.89 bits per heavy atom. The second kappa shape index (κ2) is 5.30. The molecule has 6 heteroatoms. The number of aromatic nitrogens is 1. The zero-order valence-electron chi connectivity index (χ0n) is 10.5. The Balaban J connectivity index is 2.38. The number of halogens is 1. The molecule has 0 aliphatic heterocycles. The predicted molar refractivity (Wildman–Crippen MR) is 78.7 cm³/mol. The van der Waals surface area contributed by atoms with E-state index in [9.17, 15) is 8.42 Å². The predicted octanol–water partition coefficient (Wildman–Crippen LogP) is 3.26. The summed E-state index contributed by atoms with van der Waals surface area (Å²) >= 11 is 3.35. The van der Waals surface area contributed by atoms with Gasteiger partial charge in [0.1, 0.15) is 0 Å². The molecule has 2 rings (SSSR count). The van der Waals surface area contributed by atoms with Crippen LogP contribution in [0.4, 0.5) is 5.69 Å². The minimum absolute atomic E-state index is 0.240. The van der Waals surface area contributed by atoms with E-state index < -0.39 is 10.0 Å². The molecule has 0 spiro atoms. The molecular weight excluding hydrogens is 328 g/mol. The fraction of sp³-hybridized carbons (Fsp3) is 0.154. The first kappa shape index (κ1) is 14.0. The van der Waals surface area contributed by atoms with Gasteiger partial charge in [0.15, 0.2) is 0 Å². The molecule has 0 atom stereocenters. The lowest BCUT2D eigenvalue weighted by atomic mass is 10.2. The van der Waals surface area contributed by atoms with Gasteiger partial charge in [0.25, 0.3) is 10.0 Å². The molecule has 0 saturated heterocycles. The molecule has 19 heavy (non-hydrogen) atoms. The van der Waals surface area contributed by atoms with Crippen LogP contribution < -0.4 is 4.72 Å². The van der Waals surface area contributed by atoms with Crippen LogP contribution in [0.25, 0.3) is 0 Å². The largest absolute Gasteiger partial charge is 0.279 e. The van der Waals surface area contributed by atoms with Gasteiger partial charge in [0, 0.05) is 16.9 Å². The van der Waals surface area contributed by atoms with Crippen LogP contribution in [0.3, 0.4) is 0 Å². The third kappa shape index (κ3) is 3.13. The summed E-state index contributed by atoms with van der Waals surface area (Å²) in [5, 5.41) is 0. The normalized spacial score (nSPS) is 11.3. The van der Waals surface area contributed by atoms with Crippen molar-refractivity contribution >= 4 is 31.6 Å². The second-order valence-electron chi connectivity index (χ2n) is 4.21. The smallest absolute Gasteiger partial charge is 0.261 e. The van der Waals surface area contributed by atoms with E-state index >= 15 is 0 Å². The van der Waals surface area contributed by atoms with Gasteiger partial charge in [0.05, 0.1) is 10.6 Å². The highest BCUT2D eigenvalue weighted by Crippen LogP contribution is 2.22. The van der Waals surface area contributed by atoms with Crippen molar-refractivity contribution in [2.75, 3.05) is 4.72 Å². The summed E-state index contributed by atoms with van der Waals surface area (Å²) in [6.45, 7) is 3.65. The lowest BCUT2D eigenvalue weighted by molar-refractivity contribution is 0.601. The van der Waals surface area contributed by atoms with E-state index in [2.05, 4.69) is 25.6 Å². The first-order valence-electron chi connectivity index (χ1n) is 5.60. The maximum atomic E-state index is 12.3. The fourth-order valence-corrected chi connectivity index (χ4v) is 3.04. The Bertz CT molecular complexity index is 714. The molecule has 0 amide bonds. The minimum Gasteiger partial charge on any atom is -0.279 e. The lowest BCUT2D eigenvalue weighted by Gasteiger charge is -2.10. The number of benzene rings is 1. The number of sulfonamides is 1. The molecule has 0 bridgehead atoms. The zero-order chi connectivity index (χ0) is 14.0. The van der Waals surface area contributed by atoms with Crippen molar-refractivity contribution in [3.05, 3.63) is 52.3 Å². The highest BCUT2D eigenvalue weighted by molar-refractivity contribution is 9.10. The Kier molecular flexibility index (Phi) is 3.91. The average molecular weight is 341 g/mol. The fourth-order valence-electron chi connectivity index (χ4n) is 1.58. The quantitative estimate of drug-likeness (QED) is 0.932. The van der Waals surface area contributed by atoms with Crippen molar-refractivity contribution in [3.8, 4) is 0 Å². The summed E-state index contributed by atoms with van der Waals surface area (Å²) in [7, 11) is -3.57. The highest BCUT2D eigenvalue weighted by atomic mass is 79.9. The van der Waals surface area contributed by atoms with Gasteiger partial charge < -0.3 is 0 Å². The molecular formula is C13H13BrN2O2S. The molecule has 2 aromatic rings. The van der Waals surface area contributed by atoms with E-state index in [4.69, 9.17) is 0 Å². The van der Waals surface area contributed by atoms with Crippen molar-refractivity contribution < 1.29 is 8.42 Å². The maximum absolute atomic E-state index is 12.3. The van der Waals surface area contributed by atoms with E-state index in [-0.39, 0.29) is 4.90 Å². The van der Waals surface area contributed by atoms with Gasteiger partial charge in [-0.05, 0) is 49.2 Å². The first-order chi connectivity index (χ1) is 8.90. The topological polar surface area (TPSA) is 59.1 Å². The molecule has 0 aliphatic rings. The van der Waals surface area contributed by atoms with Crippen LogP contribution in [-0.2, 0) is 10.0 Å². The van der Waals surface area contributed by atoms with Crippen LogP contribution >= 0.6 is 15.9 Å². The summed E-state index contributed by atoms with van der Waals surface area (Å²) in [6.07, 6.45) is 3.17. The monoisotopic (exact) mass is 340 g/mol. The Morgan fingerprint density at radius 3 is 2.53 bits per heavy atom. The van der Waals surface area contributed by atoms with E-state index in [1.54, 1.807) is 43.6 Å². The summed E-state index contributed by atoms with van der Waals surface area (Å²) in [5.74, 6) is 0. The Labute approximate surface area is 121 Å². The molecule has 1 heterocycles. The molecule has 0 saturated carbocycles. The van der Waals surface area contributed by atoms with Gasteiger partial charge in [-0.15, -0.1) is 0 Å². The number of pyridine rings is 1. The molecule has 100 valence electrons. The van der Waals surface area contributed by atoms with Crippen LogP contribution in [-0.4, -0.2) is 13.4 Å². The van der Waals surface area contributed by atoms with Crippen LogP contribution in [0.1, 0.15) is 11.1 Å². The molecule has 1 aromatic heterocycles. The molecule has 0 unspecified atom stereocenters. The van der Waals surface area contributed by atoms with Gasteiger partial charge in [-0.3, -0.25) is 9.71 Å². The molecule has 4 nitrogen and oxygen atoms in total. The SMILES string of the molecule is Cc1cc(S(=O)(=O)Nc2ccncc2C)ccc1Br. The van der Waals surface area contributed by atoms with Crippen molar-refractivity contribution in [2.24, 2.45) is 0 Å². The first-order valence-corrected chi connectivity index (χ1v) is 7.87. The molecule has 1 aromatic carbocycles. The standard InChI is InChI=1S/C13H13BrN2O2S/c1-9-7-11(3-4-12(9)14)19(17,18)16-13-5-6-15-8-10(13)2/h3-8H,1-2H3,(H,15,16). The van der Waals surface area contributed by atoms with E-state index in [1.165, 1.54) is 0 Å². The van der Waals surface area contributed by atoms with E-state index in [0.29, 0.717) is 5.69 Å². The number of aryl methyl sites for hydroxylation is 2. The highest BCUT2D eigenvalue weighted by Gasteiger charge is 2.15. The molecule has 0 fully saturated rings. The summed E-state index contributed by atoms with van der Waals surface area (Å²) in [5.41, 5.74) is 2.19. The van der Waals surface area contributed by atoms with Crippen LogP contribution in [0.5, 0.6) is 0 Å². The summed E-state index contributed by atoms with van der Waals surface area (Å²) in [6, 6.07) is 6.56. The van der Waals surface area contributed by atoms with E-state index in [1.807, 2.05) is 6.92 Å². The lowest BCUT2D eigenvalue weighted by Crippen LogP contribution is -2.14. The van der Waals surface area contributed by atoms with Crippen LogP contribution in [0.15, 0.2) is 46.0 Å². The second-order valence-corrected chi connectivity index (χ2v) is 6.74. The molecule has 1 N–H and O–H groups in total. The number of hydrogen-bond donors (Lipinski definition) is 1. The number of hydrogen-bond acceptors (Lipinski definition) is 3. The number of anilines is 1. The van der Waals surface area contributed by atoms with Crippen molar-refractivity contribution in [2.45, 2.75) is 18.7 Å². The zero-order valence-corrected chi connectivity index (χ0v) is 12.9. The third-order valence-electron chi connectivity index (χ3n) is 2.70. The number of nitrogens with one attached hydrogen (secondary N) is 1. The third-order valence-corrected chi connectivity index (χ3v) is 4.96. The van der Waals surface area contributed by atoms with Crippen LogP contribution in [0, 0.1) is 13.8 Å². The van der Waals surface area contributed by atoms with Gasteiger partial charge >= 0.3 is 0 Å². The maximum Gasteiger partial charge on any atom is 0.261 e. The Hall–Kier alpha value is -1.40.